The molecule has 0 aliphatic carbocycles. The molecule has 0 fully saturated rings. The van der Waals surface area contributed by atoms with Crippen LogP contribution in [-0.4, -0.2) is 23.6 Å². The maximum Gasteiger partial charge on any atom is 0.184 e. The Morgan fingerprint density at radius 1 is 1.13 bits per heavy atom. The molecule has 0 aromatic heterocycles. The van der Waals surface area contributed by atoms with Gasteiger partial charge in [0.05, 0.1) is 18.4 Å². The number of aliphatic imine (C=N–C) groups is 1. The third kappa shape index (κ3) is 3.37. The first-order valence-electron chi connectivity index (χ1n) is 7.85. The van der Waals surface area contributed by atoms with Gasteiger partial charge in [0.25, 0.3) is 0 Å². The fourth-order valence-electron chi connectivity index (χ4n) is 3.16. The lowest BCUT2D eigenvalue weighted by Crippen LogP contribution is -2.96. The van der Waals surface area contributed by atoms with Gasteiger partial charge >= 0.3 is 0 Å². The van der Waals surface area contributed by atoms with Crippen LogP contribution in [0.25, 0.3) is 0 Å². The Balaban J connectivity index is 1.94. The summed E-state index contributed by atoms with van der Waals surface area (Å²) in [5.41, 5.74) is 2.86. The first-order chi connectivity index (χ1) is 11.0. The molecule has 0 saturated heterocycles. The number of aromatic hydroxyl groups is 1. The number of quaternary nitrogens is 1. The lowest BCUT2D eigenvalue weighted by molar-refractivity contribution is -0.757. The summed E-state index contributed by atoms with van der Waals surface area (Å²) in [4.78, 5) is 4.88. The molecule has 0 unspecified atom stereocenters. The molecule has 1 atom stereocenters. The molecule has 2 aromatic carbocycles. The summed E-state index contributed by atoms with van der Waals surface area (Å²) < 4.78 is 5.22. The number of ether oxygens (including phenoxy) is 1. The Kier molecular flexibility index (Phi) is 4.09. The Morgan fingerprint density at radius 2 is 1.83 bits per heavy atom. The highest BCUT2D eigenvalue weighted by Crippen LogP contribution is 2.28. The molecule has 0 amide bonds. The minimum atomic E-state index is -0.263. The second-order valence-electron chi connectivity index (χ2n) is 6.48. The largest absolute Gasteiger partial charge is 0.507 e. The van der Waals surface area contributed by atoms with E-state index in [-0.39, 0.29) is 11.7 Å². The van der Waals surface area contributed by atoms with Crippen molar-refractivity contribution in [2.45, 2.75) is 32.0 Å². The number of nitrogens with two attached hydrogens (primary N) is 1. The molecule has 1 heterocycles. The summed E-state index contributed by atoms with van der Waals surface area (Å²) in [5, 5.41) is 12.4. The van der Waals surface area contributed by atoms with E-state index in [1.54, 1.807) is 13.2 Å². The van der Waals surface area contributed by atoms with Crippen LogP contribution in [0.3, 0.4) is 0 Å². The summed E-state index contributed by atoms with van der Waals surface area (Å²) in [6, 6.07) is 15.7. The molecule has 0 bridgehead atoms. The van der Waals surface area contributed by atoms with E-state index in [0.29, 0.717) is 5.75 Å². The molecule has 0 saturated carbocycles. The number of phenols is 1. The van der Waals surface area contributed by atoms with Gasteiger partial charge < -0.3 is 15.2 Å². The molecule has 1 aliphatic rings. The molecular weight excluding hydrogens is 288 g/mol. The average molecular weight is 311 g/mol. The van der Waals surface area contributed by atoms with E-state index in [1.165, 1.54) is 0 Å². The van der Waals surface area contributed by atoms with Crippen LogP contribution in [0, 0.1) is 0 Å². The van der Waals surface area contributed by atoms with Crippen molar-refractivity contribution in [3.8, 4) is 11.5 Å². The van der Waals surface area contributed by atoms with Crippen molar-refractivity contribution < 1.29 is 15.2 Å². The lowest BCUT2D eigenvalue weighted by atomic mass is 9.92. The normalized spacial score (nSPS) is 20.0. The summed E-state index contributed by atoms with van der Waals surface area (Å²) in [6.45, 7) is 4.20. The van der Waals surface area contributed by atoms with Crippen molar-refractivity contribution in [1.82, 2.24) is 0 Å². The van der Waals surface area contributed by atoms with Crippen LogP contribution in [-0.2, 0) is 0 Å². The van der Waals surface area contributed by atoms with Crippen LogP contribution in [0.1, 0.15) is 37.4 Å². The molecule has 0 spiro atoms. The van der Waals surface area contributed by atoms with E-state index >= 15 is 0 Å². The average Bonchev–Trinajstić information content (AvgIpc) is 2.54. The summed E-state index contributed by atoms with van der Waals surface area (Å²) >= 11 is 0. The first kappa shape index (κ1) is 15.6. The van der Waals surface area contributed by atoms with E-state index in [0.717, 1.165) is 29.0 Å². The van der Waals surface area contributed by atoms with E-state index in [1.807, 2.05) is 42.5 Å². The molecule has 23 heavy (non-hydrogen) atoms. The smallest absolute Gasteiger partial charge is 0.184 e. The van der Waals surface area contributed by atoms with Crippen LogP contribution in [0.4, 0.5) is 0 Å². The van der Waals surface area contributed by atoms with Crippen molar-refractivity contribution in [1.29, 1.82) is 0 Å². The second-order valence-corrected chi connectivity index (χ2v) is 6.48. The van der Waals surface area contributed by atoms with Gasteiger partial charge in [-0.05, 0) is 42.0 Å². The number of phenolic OH excluding ortho intramolecular Hbond substituents is 1. The lowest BCUT2D eigenvalue weighted by Gasteiger charge is -2.32. The van der Waals surface area contributed by atoms with Crippen molar-refractivity contribution in [2.24, 2.45) is 4.99 Å². The summed E-state index contributed by atoms with van der Waals surface area (Å²) in [6.07, 6.45) is 0.785. The van der Waals surface area contributed by atoms with Gasteiger partial charge in [0, 0.05) is 20.3 Å². The van der Waals surface area contributed by atoms with Crippen molar-refractivity contribution >= 4 is 5.71 Å². The van der Waals surface area contributed by atoms with Gasteiger partial charge in [-0.15, -0.1) is 0 Å². The fourth-order valence-corrected chi connectivity index (χ4v) is 3.16. The molecule has 1 aliphatic heterocycles. The van der Waals surface area contributed by atoms with Gasteiger partial charge in [-0.2, -0.15) is 0 Å². The third-order valence-corrected chi connectivity index (χ3v) is 4.20. The van der Waals surface area contributed by atoms with Gasteiger partial charge in [-0.1, -0.05) is 12.1 Å². The fraction of sp³-hybridized carbons (Fsp3) is 0.316. The highest BCUT2D eigenvalue weighted by atomic mass is 16.5. The number of benzene rings is 2. The first-order valence-corrected chi connectivity index (χ1v) is 7.85. The topological polar surface area (TPSA) is 58.4 Å². The number of nitrogens with zero attached hydrogens (tertiary/aromatic N) is 1. The summed E-state index contributed by atoms with van der Waals surface area (Å²) in [5.74, 6) is 1.19. The predicted molar refractivity (Wildman–Crippen MR) is 91.0 cm³/mol. The summed E-state index contributed by atoms with van der Waals surface area (Å²) in [7, 11) is 1.67. The van der Waals surface area contributed by atoms with Gasteiger partial charge in [0.2, 0.25) is 0 Å². The van der Waals surface area contributed by atoms with E-state index in [9.17, 15) is 5.11 Å². The predicted octanol–water partition coefficient (Wildman–Crippen LogP) is 2.63. The Morgan fingerprint density at radius 3 is 2.48 bits per heavy atom. The van der Waals surface area contributed by atoms with Crippen molar-refractivity contribution in [3.63, 3.8) is 0 Å². The van der Waals surface area contributed by atoms with Crippen LogP contribution < -0.4 is 10.1 Å². The molecule has 3 N–H and O–H groups in total. The van der Waals surface area contributed by atoms with E-state index in [2.05, 4.69) is 19.2 Å². The number of hydrogen-bond donors (Lipinski definition) is 2. The van der Waals surface area contributed by atoms with Crippen LogP contribution in [0.2, 0.25) is 0 Å². The number of para-hydroxylation sites is 1. The maximum absolute atomic E-state index is 10.2. The van der Waals surface area contributed by atoms with Gasteiger partial charge in [-0.25, -0.2) is 4.99 Å². The van der Waals surface area contributed by atoms with E-state index in [4.69, 9.17) is 9.73 Å². The molecule has 120 valence electrons. The maximum atomic E-state index is 10.2. The minimum absolute atomic E-state index is 0.154. The zero-order valence-electron chi connectivity index (χ0n) is 13.8. The van der Waals surface area contributed by atoms with Crippen molar-refractivity contribution in [2.75, 3.05) is 7.11 Å². The molecule has 4 nitrogen and oxygen atoms in total. The minimum Gasteiger partial charge on any atom is -0.507 e. The zero-order valence-corrected chi connectivity index (χ0v) is 13.8. The molecular formula is C19H23N2O2+. The Hall–Kier alpha value is -2.33. The van der Waals surface area contributed by atoms with Gasteiger partial charge in [0.1, 0.15) is 17.5 Å². The monoisotopic (exact) mass is 311 g/mol. The second kappa shape index (κ2) is 6.05. The third-order valence-electron chi connectivity index (χ3n) is 4.20. The van der Waals surface area contributed by atoms with Crippen LogP contribution >= 0.6 is 0 Å². The molecule has 4 heteroatoms. The van der Waals surface area contributed by atoms with Crippen LogP contribution in [0.15, 0.2) is 53.5 Å². The molecule has 2 aromatic rings. The molecule has 0 radical (unpaired) electrons. The van der Waals surface area contributed by atoms with Gasteiger partial charge in [-0.3, -0.25) is 0 Å². The molecule has 3 rings (SSSR count). The number of hydrogen-bond acceptors (Lipinski definition) is 3. The highest BCUT2D eigenvalue weighted by molar-refractivity contribution is 6.01. The number of rotatable bonds is 3. The zero-order chi connectivity index (χ0) is 16.4. The standard InChI is InChI=1S/C19H22N2O2/c1-19(2)20-16(13-8-10-14(23-3)11-9-13)12-17(21-19)15-6-4-5-7-18(15)22/h4-11,17,21-22H,12H2,1-3H3/p+1/t17-/m1/s1. The SMILES string of the molecule is COc1ccc(C2=NC(C)(C)[NH2+][C@@H](c3ccccc3O)C2)cc1. The highest BCUT2D eigenvalue weighted by Gasteiger charge is 2.34. The number of methoxy groups -OCH3 is 1. The van der Waals surface area contributed by atoms with Gasteiger partial charge in [0.15, 0.2) is 5.66 Å². The van der Waals surface area contributed by atoms with Crippen molar-refractivity contribution in [3.05, 3.63) is 59.7 Å². The van der Waals surface area contributed by atoms with E-state index < -0.39 is 0 Å². The Bertz CT molecular complexity index is 720. The van der Waals surface area contributed by atoms with Crippen LogP contribution in [0.5, 0.6) is 11.5 Å². The quantitative estimate of drug-likeness (QED) is 0.915. The Labute approximate surface area is 136 Å².